The Morgan fingerprint density at radius 1 is 1.47 bits per heavy atom. The van der Waals surface area contributed by atoms with Crippen LogP contribution in [0.1, 0.15) is 35.8 Å². The summed E-state index contributed by atoms with van der Waals surface area (Å²) < 4.78 is 0. The Morgan fingerprint density at radius 2 is 2.32 bits per heavy atom. The van der Waals surface area contributed by atoms with Gasteiger partial charge in [-0.15, -0.1) is 10.2 Å². The highest BCUT2D eigenvalue weighted by atomic mass is 32.2. The highest BCUT2D eigenvalue weighted by Crippen LogP contribution is 2.41. The normalized spacial score (nSPS) is 14.3. The second kappa shape index (κ2) is 4.81. The molecule has 1 aliphatic carbocycles. The summed E-state index contributed by atoms with van der Waals surface area (Å²) in [4.78, 5) is 18.1. The zero-order valence-corrected chi connectivity index (χ0v) is 10.6. The van der Waals surface area contributed by atoms with Gasteiger partial charge in [-0.05, 0) is 12.8 Å². The molecule has 0 saturated heterocycles. The minimum absolute atomic E-state index is 0.287. The third kappa shape index (κ3) is 2.48. The fraction of sp³-hybridized carbons (Fsp3) is 0.400. The van der Waals surface area contributed by atoms with E-state index in [1.54, 1.807) is 0 Å². The number of tetrazole rings is 1. The number of aromatic amines is 2. The van der Waals surface area contributed by atoms with Gasteiger partial charge in [0.05, 0.1) is 5.75 Å². The molecule has 2 aromatic heterocycles. The third-order valence-corrected chi connectivity index (χ3v) is 3.72. The Bertz CT molecular complexity index is 683. The number of nitrogens with one attached hydrogen (secondary N) is 2. The van der Waals surface area contributed by atoms with Gasteiger partial charge in [0.25, 0.3) is 0 Å². The van der Waals surface area contributed by atoms with Crippen LogP contribution in [0, 0.1) is 11.3 Å². The van der Waals surface area contributed by atoms with E-state index in [9.17, 15) is 10.1 Å². The molecule has 96 valence electrons. The third-order valence-electron chi connectivity index (χ3n) is 2.75. The molecule has 0 spiro atoms. The first-order chi connectivity index (χ1) is 9.28. The number of nitrogens with zero attached hydrogens (tertiary/aromatic N) is 5. The predicted molar refractivity (Wildman–Crippen MR) is 65.3 cm³/mol. The van der Waals surface area contributed by atoms with E-state index < -0.39 is 5.69 Å². The molecule has 0 atom stereocenters. The van der Waals surface area contributed by atoms with Crippen molar-refractivity contribution in [3.8, 4) is 6.07 Å². The number of hydrogen-bond donors (Lipinski definition) is 2. The molecular weight excluding hydrogens is 266 g/mol. The van der Waals surface area contributed by atoms with Crippen molar-refractivity contribution in [2.24, 2.45) is 0 Å². The molecule has 0 amide bonds. The monoisotopic (exact) mass is 275 g/mol. The maximum atomic E-state index is 11.5. The van der Waals surface area contributed by atoms with E-state index in [4.69, 9.17) is 0 Å². The maximum absolute atomic E-state index is 11.5. The molecule has 1 aliphatic rings. The van der Waals surface area contributed by atoms with Crippen LogP contribution >= 0.6 is 11.8 Å². The van der Waals surface area contributed by atoms with E-state index in [0.717, 1.165) is 12.8 Å². The molecule has 2 heterocycles. The number of hydrogen-bond acceptors (Lipinski definition) is 7. The van der Waals surface area contributed by atoms with Crippen molar-refractivity contribution in [1.82, 2.24) is 30.6 Å². The summed E-state index contributed by atoms with van der Waals surface area (Å²) in [7, 11) is 0. The summed E-state index contributed by atoms with van der Waals surface area (Å²) in [6.07, 6.45) is 2.01. The molecule has 0 aliphatic heterocycles. The average molecular weight is 275 g/mol. The summed E-state index contributed by atoms with van der Waals surface area (Å²) in [6, 6.07) is 2.13. The fourth-order valence-corrected chi connectivity index (χ4v) is 2.57. The molecular formula is C10H9N7OS. The zero-order valence-electron chi connectivity index (χ0n) is 9.75. The molecule has 2 N–H and O–H groups in total. The lowest BCUT2D eigenvalue weighted by molar-refractivity contribution is 0.880. The number of nitriles is 1. The molecule has 0 unspecified atom stereocenters. The second-order valence-electron chi connectivity index (χ2n) is 4.14. The second-order valence-corrected chi connectivity index (χ2v) is 5.10. The SMILES string of the molecule is N#Cc1c(SCc2nn[nH]n2)nc(=O)[nH]c1C1CC1. The molecule has 0 aromatic carbocycles. The Hall–Kier alpha value is -2.21. The lowest BCUT2D eigenvalue weighted by Gasteiger charge is -2.05. The van der Waals surface area contributed by atoms with Crippen LogP contribution in [0.15, 0.2) is 9.82 Å². The van der Waals surface area contributed by atoms with Crippen LogP contribution in [0.4, 0.5) is 0 Å². The molecule has 2 aromatic rings. The van der Waals surface area contributed by atoms with Gasteiger partial charge in [-0.2, -0.15) is 15.5 Å². The van der Waals surface area contributed by atoms with Crippen molar-refractivity contribution >= 4 is 11.8 Å². The van der Waals surface area contributed by atoms with Crippen molar-refractivity contribution in [2.45, 2.75) is 29.5 Å². The van der Waals surface area contributed by atoms with Crippen LogP contribution in [0.5, 0.6) is 0 Å². The summed E-state index contributed by atoms with van der Waals surface area (Å²) in [6.45, 7) is 0. The molecule has 9 heteroatoms. The van der Waals surface area contributed by atoms with Gasteiger partial charge >= 0.3 is 5.69 Å². The van der Waals surface area contributed by atoms with Gasteiger partial charge in [0, 0.05) is 11.6 Å². The minimum Gasteiger partial charge on any atom is -0.308 e. The Balaban J connectivity index is 1.91. The lowest BCUT2D eigenvalue weighted by Crippen LogP contribution is -2.16. The smallest absolute Gasteiger partial charge is 0.308 e. The molecule has 3 rings (SSSR count). The van der Waals surface area contributed by atoms with Gasteiger partial charge in [-0.1, -0.05) is 17.0 Å². The first-order valence-corrected chi connectivity index (χ1v) is 6.66. The van der Waals surface area contributed by atoms with Crippen LogP contribution in [0.3, 0.4) is 0 Å². The Kier molecular flexibility index (Phi) is 3.00. The molecule has 19 heavy (non-hydrogen) atoms. The van der Waals surface area contributed by atoms with Gasteiger partial charge in [-0.25, -0.2) is 4.79 Å². The Morgan fingerprint density at radius 3 is 2.95 bits per heavy atom. The van der Waals surface area contributed by atoms with Gasteiger partial charge in [0.2, 0.25) is 0 Å². The van der Waals surface area contributed by atoms with Crippen molar-refractivity contribution in [3.05, 3.63) is 27.6 Å². The van der Waals surface area contributed by atoms with Crippen molar-refractivity contribution < 1.29 is 0 Å². The lowest BCUT2D eigenvalue weighted by atomic mass is 10.2. The van der Waals surface area contributed by atoms with E-state index in [1.807, 2.05) is 0 Å². The maximum Gasteiger partial charge on any atom is 0.346 e. The van der Waals surface area contributed by atoms with Gasteiger partial charge in [-0.3, -0.25) is 0 Å². The fourth-order valence-electron chi connectivity index (χ4n) is 1.74. The average Bonchev–Trinajstić information content (AvgIpc) is 3.12. The first kappa shape index (κ1) is 11.9. The first-order valence-electron chi connectivity index (χ1n) is 5.67. The van der Waals surface area contributed by atoms with Crippen LogP contribution in [0.25, 0.3) is 0 Å². The molecule has 1 saturated carbocycles. The van der Waals surface area contributed by atoms with E-state index in [2.05, 4.69) is 36.7 Å². The topological polar surface area (TPSA) is 124 Å². The van der Waals surface area contributed by atoms with Crippen LogP contribution in [-0.4, -0.2) is 30.6 Å². The number of aromatic nitrogens is 6. The van der Waals surface area contributed by atoms with Crippen molar-refractivity contribution in [3.63, 3.8) is 0 Å². The van der Waals surface area contributed by atoms with E-state index in [0.29, 0.717) is 27.9 Å². The highest BCUT2D eigenvalue weighted by molar-refractivity contribution is 7.98. The largest absolute Gasteiger partial charge is 0.346 e. The number of H-pyrrole nitrogens is 2. The van der Waals surface area contributed by atoms with E-state index in [1.165, 1.54) is 11.8 Å². The van der Waals surface area contributed by atoms with Crippen LogP contribution in [-0.2, 0) is 5.75 Å². The van der Waals surface area contributed by atoms with Gasteiger partial charge in [0.1, 0.15) is 16.7 Å². The Labute approximate surface area is 111 Å². The molecule has 0 bridgehead atoms. The number of thioether (sulfide) groups is 1. The van der Waals surface area contributed by atoms with Crippen LogP contribution in [0.2, 0.25) is 0 Å². The summed E-state index contributed by atoms with van der Waals surface area (Å²) in [5.74, 6) is 1.20. The van der Waals surface area contributed by atoms with E-state index in [-0.39, 0.29) is 5.92 Å². The van der Waals surface area contributed by atoms with Gasteiger partial charge < -0.3 is 4.98 Å². The number of rotatable bonds is 4. The predicted octanol–water partition coefficient (Wildman–Crippen LogP) is 0.324. The van der Waals surface area contributed by atoms with Crippen molar-refractivity contribution in [1.29, 1.82) is 5.26 Å². The zero-order chi connectivity index (χ0) is 13.2. The highest BCUT2D eigenvalue weighted by Gasteiger charge is 2.29. The summed E-state index contributed by atoms with van der Waals surface area (Å²) in [5.41, 5.74) is 0.741. The van der Waals surface area contributed by atoms with Crippen LogP contribution < -0.4 is 5.69 Å². The summed E-state index contributed by atoms with van der Waals surface area (Å²) >= 11 is 1.26. The summed E-state index contributed by atoms with van der Waals surface area (Å²) in [5, 5.41) is 23.1. The van der Waals surface area contributed by atoms with E-state index >= 15 is 0 Å². The molecule has 0 radical (unpaired) electrons. The molecule has 8 nitrogen and oxygen atoms in total. The standard InChI is InChI=1S/C10H9N7OS/c11-3-6-8(5-1-2-5)12-10(18)13-9(6)19-4-7-14-16-17-15-7/h5H,1-2,4H2,(H,12,13,18)(H,14,15,16,17). The molecule has 1 fully saturated rings. The van der Waals surface area contributed by atoms with Crippen molar-refractivity contribution in [2.75, 3.05) is 0 Å². The minimum atomic E-state index is -0.420. The quantitative estimate of drug-likeness (QED) is 0.608. The van der Waals surface area contributed by atoms with Gasteiger partial charge in [0.15, 0.2) is 5.82 Å².